The Balaban J connectivity index is 3.19. The number of methoxy groups -OCH3 is 3. The summed E-state index contributed by atoms with van der Waals surface area (Å²) in [6.45, 7) is 0. The van der Waals surface area contributed by atoms with Gasteiger partial charge in [-0.1, -0.05) is 0 Å². The van der Waals surface area contributed by atoms with Gasteiger partial charge in [0.25, 0.3) is 0 Å². The van der Waals surface area contributed by atoms with Crippen molar-refractivity contribution in [3.63, 3.8) is 0 Å². The van der Waals surface area contributed by atoms with Crippen molar-refractivity contribution < 1.29 is 14.2 Å². The predicted molar refractivity (Wildman–Crippen MR) is 72.7 cm³/mol. The Morgan fingerprint density at radius 2 is 1.68 bits per heavy atom. The summed E-state index contributed by atoms with van der Waals surface area (Å²) in [6, 6.07) is 5.87. The minimum atomic E-state index is 0.0365. The largest absolute Gasteiger partial charge is 0.496 e. The Kier molecular flexibility index (Phi) is 5.97. The third kappa shape index (κ3) is 3.52. The molecule has 0 heterocycles. The van der Waals surface area contributed by atoms with Crippen molar-refractivity contribution >= 4 is 0 Å². The van der Waals surface area contributed by atoms with Crippen LogP contribution >= 0.6 is 0 Å². The molecule has 1 rings (SSSR count). The summed E-state index contributed by atoms with van der Waals surface area (Å²) < 4.78 is 15.9. The summed E-state index contributed by atoms with van der Waals surface area (Å²) in [6.07, 6.45) is 1.18. The molecule has 0 bridgehead atoms. The molecule has 0 aliphatic rings. The molecule has 5 heteroatoms. The summed E-state index contributed by atoms with van der Waals surface area (Å²) in [4.78, 5) is 0. The lowest BCUT2D eigenvalue weighted by Crippen LogP contribution is -2.17. The molecule has 1 atom stereocenters. The molecular formula is C14H20N2O3. The van der Waals surface area contributed by atoms with Gasteiger partial charge in [-0.2, -0.15) is 5.26 Å². The fourth-order valence-electron chi connectivity index (χ4n) is 1.99. The molecular weight excluding hydrogens is 244 g/mol. The Bertz CT molecular complexity index is 455. The minimum Gasteiger partial charge on any atom is -0.496 e. The number of rotatable bonds is 7. The average molecular weight is 264 g/mol. The van der Waals surface area contributed by atoms with Gasteiger partial charge in [-0.3, -0.25) is 0 Å². The summed E-state index contributed by atoms with van der Waals surface area (Å²) >= 11 is 0. The quantitative estimate of drug-likeness (QED) is 0.818. The molecule has 0 saturated heterocycles. The van der Waals surface area contributed by atoms with Gasteiger partial charge in [0, 0.05) is 24.1 Å². The molecule has 5 nitrogen and oxygen atoms in total. The van der Waals surface area contributed by atoms with E-state index in [9.17, 15) is 0 Å². The zero-order valence-electron chi connectivity index (χ0n) is 11.8. The van der Waals surface area contributed by atoms with E-state index < -0.39 is 0 Å². The van der Waals surface area contributed by atoms with Crippen molar-refractivity contribution in [2.45, 2.75) is 18.9 Å². The molecule has 0 aromatic heterocycles. The van der Waals surface area contributed by atoms with Gasteiger partial charge >= 0.3 is 0 Å². The van der Waals surface area contributed by atoms with Gasteiger partial charge < -0.3 is 19.5 Å². The van der Waals surface area contributed by atoms with E-state index in [1.165, 1.54) is 0 Å². The maximum atomic E-state index is 8.71. The fraction of sp³-hybridized carbons (Fsp3) is 0.500. The number of nitrogens with one attached hydrogen (secondary N) is 1. The van der Waals surface area contributed by atoms with Crippen LogP contribution in [0.2, 0.25) is 0 Å². The molecule has 1 aromatic carbocycles. The first kappa shape index (κ1) is 15.1. The number of hydrogen-bond donors (Lipinski definition) is 1. The van der Waals surface area contributed by atoms with Crippen molar-refractivity contribution in [3.05, 3.63) is 17.7 Å². The first-order valence-electron chi connectivity index (χ1n) is 6.05. The maximum Gasteiger partial charge on any atom is 0.164 e. The number of hydrogen-bond acceptors (Lipinski definition) is 5. The second kappa shape index (κ2) is 7.49. The molecule has 1 aromatic rings. The van der Waals surface area contributed by atoms with E-state index in [1.54, 1.807) is 27.4 Å². The highest BCUT2D eigenvalue weighted by molar-refractivity contribution is 5.51. The zero-order chi connectivity index (χ0) is 14.3. The molecule has 1 N–H and O–H groups in total. The normalized spacial score (nSPS) is 11.5. The summed E-state index contributed by atoms with van der Waals surface area (Å²) in [5.41, 5.74) is 0.956. The van der Waals surface area contributed by atoms with E-state index in [4.69, 9.17) is 19.5 Å². The van der Waals surface area contributed by atoms with E-state index in [-0.39, 0.29) is 6.04 Å². The van der Waals surface area contributed by atoms with E-state index in [0.717, 1.165) is 11.3 Å². The van der Waals surface area contributed by atoms with Gasteiger partial charge in [0.05, 0.1) is 27.4 Å². The van der Waals surface area contributed by atoms with Crippen LogP contribution in [0.25, 0.3) is 0 Å². The van der Waals surface area contributed by atoms with Crippen molar-refractivity contribution in [2.75, 3.05) is 28.4 Å². The van der Waals surface area contributed by atoms with Crippen LogP contribution in [0.4, 0.5) is 0 Å². The first-order valence-corrected chi connectivity index (χ1v) is 6.05. The molecule has 0 amide bonds. The average Bonchev–Trinajstić information content (AvgIpc) is 2.47. The van der Waals surface area contributed by atoms with Crippen LogP contribution in [-0.2, 0) is 0 Å². The van der Waals surface area contributed by atoms with E-state index in [0.29, 0.717) is 24.3 Å². The predicted octanol–water partition coefficient (Wildman–Crippen LogP) is 2.28. The first-order chi connectivity index (χ1) is 9.21. The van der Waals surface area contributed by atoms with Crippen molar-refractivity contribution in [2.24, 2.45) is 0 Å². The molecule has 0 saturated carbocycles. The van der Waals surface area contributed by atoms with Crippen LogP contribution in [0.1, 0.15) is 24.4 Å². The number of ether oxygens (including phenoxy) is 3. The number of nitrogens with zero attached hydrogens (tertiary/aromatic N) is 1. The van der Waals surface area contributed by atoms with Gasteiger partial charge in [-0.25, -0.2) is 0 Å². The Labute approximate surface area is 114 Å². The Morgan fingerprint density at radius 3 is 2.16 bits per heavy atom. The highest BCUT2D eigenvalue weighted by Gasteiger charge is 2.18. The summed E-state index contributed by atoms with van der Waals surface area (Å²) in [7, 11) is 6.65. The van der Waals surface area contributed by atoms with Crippen LogP contribution in [-0.4, -0.2) is 28.4 Å². The lowest BCUT2D eigenvalue weighted by Gasteiger charge is -2.20. The molecule has 0 fully saturated rings. The van der Waals surface area contributed by atoms with Gasteiger partial charge in [-0.05, 0) is 19.5 Å². The van der Waals surface area contributed by atoms with Gasteiger partial charge in [0.2, 0.25) is 0 Å². The highest BCUT2D eigenvalue weighted by atomic mass is 16.5. The maximum absolute atomic E-state index is 8.71. The van der Waals surface area contributed by atoms with Crippen LogP contribution in [0.5, 0.6) is 17.2 Å². The molecule has 1 unspecified atom stereocenters. The lowest BCUT2D eigenvalue weighted by molar-refractivity contribution is 0.345. The monoisotopic (exact) mass is 264 g/mol. The molecule has 104 valence electrons. The fourth-order valence-corrected chi connectivity index (χ4v) is 1.99. The van der Waals surface area contributed by atoms with Crippen molar-refractivity contribution in [3.8, 4) is 23.3 Å². The highest BCUT2D eigenvalue weighted by Crippen LogP contribution is 2.38. The van der Waals surface area contributed by atoms with Gasteiger partial charge in [0.15, 0.2) is 11.5 Å². The van der Waals surface area contributed by atoms with E-state index in [2.05, 4.69) is 11.4 Å². The topological polar surface area (TPSA) is 63.5 Å². The molecule has 0 spiro atoms. The van der Waals surface area contributed by atoms with E-state index in [1.807, 2.05) is 13.1 Å². The third-order valence-electron chi connectivity index (χ3n) is 3.00. The third-order valence-corrected chi connectivity index (χ3v) is 3.00. The Hall–Kier alpha value is -1.93. The standard InChI is InChI=1S/C14H20N2O3/c1-16-11(6-5-7-15)10-8-13(18-3)14(19-4)9-12(10)17-2/h8-9,11,16H,5-6H2,1-4H3. The summed E-state index contributed by atoms with van der Waals surface area (Å²) in [5, 5.41) is 11.9. The second-order valence-corrected chi connectivity index (χ2v) is 3.99. The minimum absolute atomic E-state index is 0.0365. The molecule has 0 aliphatic carbocycles. The van der Waals surface area contributed by atoms with Crippen LogP contribution in [0.15, 0.2) is 12.1 Å². The lowest BCUT2D eigenvalue weighted by atomic mass is 10.0. The van der Waals surface area contributed by atoms with Gasteiger partial charge in [0.1, 0.15) is 5.75 Å². The number of benzene rings is 1. The van der Waals surface area contributed by atoms with Crippen molar-refractivity contribution in [1.29, 1.82) is 5.26 Å². The van der Waals surface area contributed by atoms with Crippen LogP contribution < -0.4 is 19.5 Å². The summed E-state index contributed by atoms with van der Waals surface area (Å²) in [5.74, 6) is 1.99. The Morgan fingerprint density at radius 1 is 1.11 bits per heavy atom. The smallest absolute Gasteiger partial charge is 0.164 e. The zero-order valence-corrected chi connectivity index (χ0v) is 11.8. The number of nitriles is 1. The van der Waals surface area contributed by atoms with Crippen LogP contribution in [0, 0.1) is 11.3 Å². The second-order valence-electron chi connectivity index (χ2n) is 3.99. The SMILES string of the molecule is CNC(CCC#N)c1cc(OC)c(OC)cc1OC. The molecule has 19 heavy (non-hydrogen) atoms. The van der Waals surface area contributed by atoms with Crippen LogP contribution in [0.3, 0.4) is 0 Å². The molecule has 0 aliphatic heterocycles. The van der Waals surface area contributed by atoms with Crippen molar-refractivity contribution in [1.82, 2.24) is 5.32 Å². The molecule has 0 radical (unpaired) electrons. The van der Waals surface area contributed by atoms with E-state index >= 15 is 0 Å². The van der Waals surface area contributed by atoms with Gasteiger partial charge in [-0.15, -0.1) is 0 Å².